The van der Waals surface area contributed by atoms with Gasteiger partial charge in [0.2, 0.25) is 5.91 Å². The number of nitrogens with one attached hydrogen (secondary N) is 3. The van der Waals surface area contributed by atoms with Crippen molar-refractivity contribution in [1.29, 1.82) is 5.26 Å². The van der Waals surface area contributed by atoms with Crippen molar-refractivity contribution < 1.29 is 14.0 Å². The van der Waals surface area contributed by atoms with E-state index < -0.39 is 0 Å². The van der Waals surface area contributed by atoms with Crippen LogP contribution in [0.3, 0.4) is 0 Å². The van der Waals surface area contributed by atoms with Crippen LogP contribution < -0.4 is 10.6 Å². The first-order valence-electron chi connectivity index (χ1n) is 9.78. The smallest absolute Gasteiger partial charge is 0.267 e. The average molecular weight is 382 g/mol. The highest BCUT2D eigenvalue weighted by atomic mass is 19.1. The molecule has 1 heterocycles. The van der Waals surface area contributed by atoms with E-state index >= 15 is 0 Å². The van der Waals surface area contributed by atoms with Gasteiger partial charge in [-0.2, -0.15) is 5.26 Å². The van der Waals surface area contributed by atoms with Gasteiger partial charge in [-0.15, -0.1) is 0 Å². The largest absolute Gasteiger partial charge is 0.354 e. The highest BCUT2D eigenvalue weighted by Gasteiger charge is 2.44. The molecule has 0 saturated heterocycles. The van der Waals surface area contributed by atoms with Crippen LogP contribution >= 0.6 is 0 Å². The summed E-state index contributed by atoms with van der Waals surface area (Å²) in [6.07, 6.45) is 5.01. The average Bonchev–Trinajstić information content (AvgIpc) is 3.36. The first-order chi connectivity index (χ1) is 13.5. The minimum atomic E-state index is -0.386. The van der Waals surface area contributed by atoms with Crippen molar-refractivity contribution in [3.05, 3.63) is 35.8 Å². The lowest BCUT2D eigenvalue weighted by molar-refractivity contribution is -0.126. The van der Waals surface area contributed by atoms with Crippen LogP contribution in [0.15, 0.2) is 24.3 Å². The molecule has 0 bridgehead atoms. The molecule has 0 radical (unpaired) electrons. The van der Waals surface area contributed by atoms with Gasteiger partial charge < -0.3 is 15.6 Å². The van der Waals surface area contributed by atoms with Crippen LogP contribution in [0.5, 0.6) is 0 Å². The fourth-order valence-corrected chi connectivity index (χ4v) is 3.96. The van der Waals surface area contributed by atoms with Crippen molar-refractivity contribution in [1.82, 2.24) is 15.6 Å². The summed E-state index contributed by atoms with van der Waals surface area (Å²) >= 11 is 0. The predicted molar refractivity (Wildman–Crippen MR) is 102 cm³/mol. The Morgan fingerprint density at radius 2 is 2.04 bits per heavy atom. The van der Waals surface area contributed by atoms with Gasteiger partial charge in [0.15, 0.2) is 0 Å². The topological polar surface area (TPSA) is 97.8 Å². The van der Waals surface area contributed by atoms with Gasteiger partial charge in [-0.1, -0.05) is 12.8 Å². The molecule has 1 aromatic carbocycles. The van der Waals surface area contributed by atoms with Crippen molar-refractivity contribution >= 4 is 22.7 Å². The van der Waals surface area contributed by atoms with Crippen molar-refractivity contribution in [2.24, 2.45) is 11.3 Å². The molecule has 2 amide bonds. The Hall–Kier alpha value is -2.88. The number of nitriles is 1. The van der Waals surface area contributed by atoms with Crippen LogP contribution in [0.2, 0.25) is 0 Å². The van der Waals surface area contributed by atoms with Gasteiger partial charge in [-0.05, 0) is 49.9 Å². The molecule has 2 fully saturated rings. The Morgan fingerprint density at radius 1 is 1.25 bits per heavy atom. The number of carbonyl (C=O) groups is 2. The maximum atomic E-state index is 13.4. The van der Waals surface area contributed by atoms with Crippen molar-refractivity contribution in [2.45, 2.75) is 44.6 Å². The highest BCUT2D eigenvalue weighted by molar-refractivity contribution is 5.98. The Balaban J connectivity index is 1.42. The molecule has 0 spiro atoms. The van der Waals surface area contributed by atoms with Crippen LogP contribution in [0.1, 0.15) is 49.0 Å². The number of fused-ring (bicyclic) bond motifs is 1. The number of H-pyrrole nitrogens is 1. The molecule has 0 aliphatic heterocycles. The minimum absolute atomic E-state index is 0.0924. The molecule has 6 nitrogen and oxygen atoms in total. The van der Waals surface area contributed by atoms with Crippen LogP contribution in [0.4, 0.5) is 4.39 Å². The number of aromatic nitrogens is 1. The van der Waals surface area contributed by atoms with Gasteiger partial charge in [0, 0.05) is 23.5 Å². The third-order valence-corrected chi connectivity index (χ3v) is 5.94. The summed E-state index contributed by atoms with van der Waals surface area (Å²) in [5, 5.41) is 15.7. The molecule has 3 N–H and O–H groups in total. The number of hydrogen-bond acceptors (Lipinski definition) is 3. The zero-order valence-corrected chi connectivity index (χ0v) is 15.6. The number of rotatable bonds is 5. The van der Waals surface area contributed by atoms with Crippen molar-refractivity contribution in [3.8, 4) is 6.07 Å². The minimum Gasteiger partial charge on any atom is -0.354 e. The van der Waals surface area contributed by atoms with Crippen molar-refractivity contribution in [3.63, 3.8) is 0 Å². The van der Waals surface area contributed by atoms with Gasteiger partial charge in [0.25, 0.3) is 5.91 Å². The lowest BCUT2D eigenvalue weighted by Crippen LogP contribution is -2.49. The number of carbonyl (C=O) groups excluding carboxylic acids is 2. The normalized spacial score (nSPS) is 23.0. The lowest BCUT2D eigenvalue weighted by atomic mass is 9.83. The molecule has 2 aromatic rings. The summed E-state index contributed by atoms with van der Waals surface area (Å²) in [7, 11) is 0. The zero-order chi connectivity index (χ0) is 19.7. The van der Waals surface area contributed by atoms with E-state index in [1.165, 1.54) is 12.1 Å². The van der Waals surface area contributed by atoms with Gasteiger partial charge in [0.1, 0.15) is 11.5 Å². The van der Waals surface area contributed by atoms with E-state index in [2.05, 4.69) is 21.7 Å². The maximum absolute atomic E-state index is 13.4. The molecule has 2 aliphatic rings. The second-order valence-corrected chi connectivity index (χ2v) is 8.00. The second-order valence-electron chi connectivity index (χ2n) is 8.00. The summed E-state index contributed by atoms with van der Waals surface area (Å²) in [5.41, 5.74) is 0.658. The van der Waals surface area contributed by atoms with Gasteiger partial charge in [-0.25, -0.2) is 4.39 Å². The third kappa shape index (κ3) is 3.72. The molecular formula is C21H23FN4O2. The standard InChI is InChI=1S/C21H23FN4O2/c22-14-5-6-16-13(9-14)10-18(25-16)20(28)26-17-4-2-1-3-15(17)19(27)24-12-21(11-23)7-8-21/h5-6,9-10,15,17,25H,1-4,7-8,12H2,(H,24,27)(H,26,28)/t15-,17+/m1/s1. The van der Waals surface area contributed by atoms with E-state index in [4.69, 9.17) is 5.26 Å². The number of aromatic amines is 1. The molecule has 2 saturated carbocycles. The summed E-state index contributed by atoms with van der Waals surface area (Å²) in [6, 6.07) is 7.97. The predicted octanol–water partition coefficient (Wildman–Crippen LogP) is 3.02. The van der Waals surface area contributed by atoms with E-state index in [0.717, 1.165) is 32.1 Å². The fourth-order valence-electron chi connectivity index (χ4n) is 3.96. The number of amides is 2. The third-order valence-electron chi connectivity index (χ3n) is 5.94. The van der Waals surface area contributed by atoms with E-state index in [0.29, 0.717) is 29.6 Å². The zero-order valence-electron chi connectivity index (χ0n) is 15.6. The summed E-state index contributed by atoms with van der Waals surface area (Å²) in [6.45, 7) is 0.382. The summed E-state index contributed by atoms with van der Waals surface area (Å²) in [5.74, 6) is -1.04. The number of nitrogens with zero attached hydrogens (tertiary/aromatic N) is 1. The van der Waals surface area contributed by atoms with Crippen LogP contribution in [0, 0.1) is 28.5 Å². The van der Waals surface area contributed by atoms with Gasteiger partial charge >= 0.3 is 0 Å². The Morgan fingerprint density at radius 3 is 2.79 bits per heavy atom. The van der Waals surface area contributed by atoms with Crippen LogP contribution in [0.25, 0.3) is 10.9 Å². The van der Waals surface area contributed by atoms with E-state index in [9.17, 15) is 14.0 Å². The molecule has 2 aliphatic carbocycles. The van der Waals surface area contributed by atoms with E-state index in [1.807, 2.05) is 0 Å². The summed E-state index contributed by atoms with van der Waals surface area (Å²) in [4.78, 5) is 28.4. The Bertz CT molecular complexity index is 957. The van der Waals surface area contributed by atoms with Gasteiger partial charge in [0.05, 0.1) is 17.4 Å². The number of hydrogen-bond donors (Lipinski definition) is 3. The maximum Gasteiger partial charge on any atom is 0.267 e. The second kappa shape index (κ2) is 7.27. The molecule has 4 rings (SSSR count). The SMILES string of the molecule is N#CC1(CNC(=O)[C@@H]2CCCC[C@@H]2NC(=O)c2cc3cc(F)ccc3[nH]2)CC1. The summed E-state index contributed by atoms with van der Waals surface area (Å²) < 4.78 is 13.4. The first-order valence-corrected chi connectivity index (χ1v) is 9.78. The highest BCUT2D eigenvalue weighted by Crippen LogP contribution is 2.44. The van der Waals surface area contributed by atoms with E-state index in [1.54, 1.807) is 12.1 Å². The molecule has 28 heavy (non-hydrogen) atoms. The lowest BCUT2D eigenvalue weighted by Gasteiger charge is -2.31. The fraction of sp³-hybridized carbons (Fsp3) is 0.476. The first kappa shape index (κ1) is 18.5. The number of benzene rings is 1. The van der Waals surface area contributed by atoms with E-state index in [-0.39, 0.29) is 35.0 Å². The Kier molecular flexibility index (Phi) is 4.80. The molecular weight excluding hydrogens is 359 g/mol. The van der Waals surface area contributed by atoms with Crippen LogP contribution in [-0.4, -0.2) is 29.4 Å². The van der Waals surface area contributed by atoms with Crippen molar-refractivity contribution in [2.75, 3.05) is 6.54 Å². The van der Waals surface area contributed by atoms with Crippen LogP contribution in [-0.2, 0) is 4.79 Å². The van der Waals surface area contributed by atoms with Gasteiger partial charge in [-0.3, -0.25) is 9.59 Å². The number of halogens is 1. The molecule has 0 unspecified atom stereocenters. The monoisotopic (exact) mass is 382 g/mol. The molecule has 1 aromatic heterocycles. The molecule has 2 atom stereocenters. The quantitative estimate of drug-likeness (QED) is 0.741. The Labute approximate surface area is 162 Å². The molecule has 146 valence electrons. The molecule has 7 heteroatoms.